The number of ether oxygens (including phenoxy) is 1. The molecule has 1 aliphatic rings. The van der Waals surface area contributed by atoms with Gasteiger partial charge >= 0.3 is 5.97 Å². The molecule has 1 saturated heterocycles. The van der Waals surface area contributed by atoms with Gasteiger partial charge in [0.05, 0.1) is 5.92 Å². The second kappa shape index (κ2) is 6.65. The maximum atomic E-state index is 11.4. The van der Waals surface area contributed by atoms with E-state index in [1.54, 1.807) is 6.20 Å². The van der Waals surface area contributed by atoms with Crippen LogP contribution in [0, 0.1) is 25.7 Å². The molecular weight excluding hydrogens is 258 g/mol. The zero-order valence-electron chi connectivity index (χ0n) is 11.9. The van der Waals surface area contributed by atoms with Crippen LogP contribution in [0.25, 0.3) is 0 Å². The van der Waals surface area contributed by atoms with Crippen LogP contribution in [0.15, 0.2) is 6.20 Å². The van der Waals surface area contributed by atoms with Crippen molar-refractivity contribution in [1.82, 2.24) is 9.97 Å². The molecule has 20 heavy (non-hydrogen) atoms. The predicted molar refractivity (Wildman–Crippen MR) is 74.7 cm³/mol. The number of carbonyl (C=O) groups is 1. The van der Waals surface area contributed by atoms with E-state index in [0.717, 1.165) is 24.1 Å². The first-order valence-corrected chi connectivity index (χ1v) is 6.92. The van der Waals surface area contributed by atoms with Crippen molar-refractivity contribution in [2.24, 2.45) is 11.8 Å². The fraction of sp³-hybridized carbons (Fsp3) is 0.643. The number of nitrogens with zero attached hydrogens (tertiary/aromatic N) is 2. The van der Waals surface area contributed by atoms with Crippen molar-refractivity contribution in [3.05, 3.63) is 17.5 Å². The topological polar surface area (TPSA) is 84.3 Å². The van der Waals surface area contributed by atoms with E-state index in [4.69, 9.17) is 4.74 Å². The van der Waals surface area contributed by atoms with Gasteiger partial charge in [-0.3, -0.25) is 4.79 Å². The number of carboxylic acid groups (broad SMARTS) is 1. The highest BCUT2D eigenvalue weighted by Crippen LogP contribution is 2.24. The third-order valence-electron chi connectivity index (χ3n) is 3.86. The molecule has 0 radical (unpaired) electrons. The Morgan fingerprint density at radius 1 is 1.50 bits per heavy atom. The third kappa shape index (κ3) is 3.66. The van der Waals surface area contributed by atoms with Gasteiger partial charge in [0.2, 0.25) is 5.95 Å². The van der Waals surface area contributed by atoms with Crippen LogP contribution in [0.3, 0.4) is 0 Å². The van der Waals surface area contributed by atoms with Gasteiger partial charge in [-0.25, -0.2) is 9.97 Å². The maximum absolute atomic E-state index is 11.4. The van der Waals surface area contributed by atoms with E-state index in [9.17, 15) is 9.90 Å². The summed E-state index contributed by atoms with van der Waals surface area (Å²) in [7, 11) is 0. The number of rotatable bonds is 5. The molecule has 2 N–H and O–H groups in total. The van der Waals surface area contributed by atoms with Crippen LogP contribution < -0.4 is 5.32 Å². The normalized spacial score (nSPS) is 17.7. The SMILES string of the molecule is Cc1cnc(NCC(C(=O)O)C2CCOCC2)nc1C. The molecule has 110 valence electrons. The van der Waals surface area contributed by atoms with E-state index >= 15 is 0 Å². The Morgan fingerprint density at radius 3 is 2.80 bits per heavy atom. The van der Waals surface area contributed by atoms with Gasteiger partial charge in [-0.15, -0.1) is 0 Å². The van der Waals surface area contributed by atoms with Crippen molar-refractivity contribution in [1.29, 1.82) is 0 Å². The fourth-order valence-electron chi connectivity index (χ4n) is 2.39. The van der Waals surface area contributed by atoms with Crippen LogP contribution in [0.4, 0.5) is 5.95 Å². The molecule has 1 aromatic heterocycles. The van der Waals surface area contributed by atoms with E-state index in [0.29, 0.717) is 25.7 Å². The van der Waals surface area contributed by atoms with Crippen molar-refractivity contribution in [2.45, 2.75) is 26.7 Å². The highest BCUT2D eigenvalue weighted by Gasteiger charge is 2.29. The highest BCUT2D eigenvalue weighted by molar-refractivity contribution is 5.71. The number of aromatic nitrogens is 2. The van der Waals surface area contributed by atoms with Crippen molar-refractivity contribution >= 4 is 11.9 Å². The van der Waals surface area contributed by atoms with Gasteiger partial charge in [0.15, 0.2) is 0 Å². The number of aryl methyl sites for hydroxylation is 2. The first-order chi connectivity index (χ1) is 9.58. The minimum atomic E-state index is -0.770. The quantitative estimate of drug-likeness (QED) is 0.852. The van der Waals surface area contributed by atoms with Crippen molar-refractivity contribution in [3.8, 4) is 0 Å². The molecule has 0 aromatic carbocycles. The van der Waals surface area contributed by atoms with Gasteiger partial charge < -0.3 is 15.2 Å². The number of aliphatic carboxylic acids is 1. The highest BCUT2D eigenvalue weighted by atomic mass is 16.5. The lowest BCUT2D eigenvalue weighted by Gasteiger charge is -2.27. The number of nitrogens with one attached hydrogen (secondary N) is 1. The van der Waals surface area contributed by atoms with Gasteiger partial charge in [0.25, 0.3) is 0 Å². The average molecular weight is 279 g/mol. The van der Waals surface area contributed by atoms with Crippen molar-refractivity contribution in [2.75, 3.05) is 25.1 Å². The molecule has 0 amide bonds. The zero-order valence-corrected chi connectivity index (χ0v) is 11.9. The summed E-state index contributed by atoms with van der Waals surface area (Å²) in [5.74, 6) is -0.552. The lowest BCUT2D eigenvalue weighted by molar-refractivity contribution is -0.144. The molecule has 1 fully saturated rings. The summed E-state index contributed by atoms with van der Waals surface area (Å²) in [4.78, 5) is 19.9. The van der Waals surface area contributed by atoms with Gasteiger partial charge in [-0.2, -0.15) is 0 Å². The summed E-state index contributed by atoms with van der Waals surface area (Å²) in [5.41, 5.74) is 1.93. The zero-order chi connectivity index (χ0) is 14.5. The van der Waals surface area contributed by atoms with Crippen LogP contribution >= 0.6 is 0 Å². The first-order valence-electron chi connectivity index (χ1n) is 6.92. The Balaban J connectivity index is 1.97. The minimum absolute atomic E-state index is 0.153. The number of carboxylic acids is 1. The van der Waals surface area contributed by atoms with E-state index in [2.05, 4.69) is 15.3 Å². The first kappa shape index (κ1) is 14.7. The van der Waals surface area contributed by atoms with Crippen LogP contribution in [0.2, 0.25) is 0 Å². The molecule has 2 heterocycles. The lowest BCUT2D eigenvalue weighted by Crippen LogP contribution is -2.34. The summed E-state index contributed by atoms with van der Waals surface area (Å²) < 4.78 is 5.28. The second-order valence-electron chi connectivity index (χ2n) is 5.24. The summed E-state index contributed by atoms with van der Waals surface area (Å²) in [6.45, 7) is 5.50. The molecule has 0 bridgehead atoms. The van der Waals surface area contributed by atoms with E-state index in [1.165, 1.54) is 0 Å². The summed E-state index contributed by atoms with van der Waals surface area (Å²) in [6, 6.07) is 0. The predicted octanol–water partition coefficient (Wildman–Crippen LogP) is 1.63. The fourth-order valence-corrected chi connectivity index (χ4v) is 2.39. The van der Waals surface area contributed by atoms with E-state index in [1.807, 2.05) is 13.8 Å². The summed E-state index contributed by atoms with van der Waals surface area (Å²) >= 11 is 0. The molecular formula is C14H21N3O3. The van der Waals surface area contributed by atoms with Gasteiger partial charge in [-0.1, -0.05) is 0 Å². The Bertz CT molecular complexity index is 473. The molecule has 1 aromatic rings. The monoisotopic (exact) mass is 279 g/mol. The number of hydrogen-bond acceptors (Lipinski definition) is 5. The van der Waals surface area contributed by atoms with Crippen molar-refractivity contribution in [3.63, 3.8) is 0 Å². The molecule has 0 spiro atoms. The molecule has 1 aliphatic heterocycles. The number of hydrogen-bond donors (Lipinski definition) is 2. The molecule has 1 atom stereocenters. The third-order valence-corrected chi connectivity index (χ3v) is 3.86. The average Bonchev–Trinajstić information content (AvgIpc) is 2.44. The number of anilines is 1. The minimum Gasteiger partial charge on any atom is -0.481 e. The van der Waals surface area contributed by atoms with E-state index in [-0.39, 0.29) is 5.92 Å². The lowest BCUT2D eigenvalue weighted by atomic mass is 9.86. The molecule has 1 unspecified atom stereocenters. The van der Waals surface area contributed by atoms with Crippen molar-refractivity contribution < 1.29 is 14.6 Å². The molecule has 0 aliphatic carbocycles. The van der Waals surface area contributed by atoms with E-state index < -0.39 is 11.9 Å². The Morgan fingerprint density at radius 2 is 2.20 bits per heavy atom. The van der Waals surface area contributed by atoms with Gasteiger partial charge in [0, 0.05) is 31.6 Å². The summed E-state index contributed by atoms with van der Waals surface area (Å²) in [6.07, 6.45) is 3.34. The largest absolute Gasteiger partial charge is 0.481 e. The Kier molecular flexibility index (Phi) is 4.89. The standard InChI is InChI=1S/C14H21N3O3/c1-9-7-15-14(17-10(9)2)16-8-12(13(18)19)11-3-5-20-6-4-11/h7,11-12H,3-6,8H2,1-2H3,(H,18,19)(H,15,16,17). The van der Waals surface area contributed by atoms with Crippen LogP contribution in [-0.4, -0.2) is 40.8 Å². The second-order valence-corrected chi connectivity index (χ2v) is 5.24. The van der Waals surface area contributed by atoms with Crippen LogP contribution in [0.1, 0.15) is 24.1 Å². The Hall–Kier alpha value is -1.69. The van der Waals surface area contributed by atoms with Gasteiger partial charge in [-0.05, 0) is 38.2 Å². The van der Waals surface area contributed by atoms with Gasteiger partial charge in [0.1, 0.15) is 0 Å². The summed E-state index contributed by atoms with van der Waals surface area (Å²) in [5, 5.41) is 12.4. The molecule has 0 saturated carbocycles. The van der Waals surface area contributed by atoms with Crippen LogP contribution in [0.5, 0.6) is 0 Å². The molecule has 6 heteroatoms. The maximum Gasteiger partial charge on any atom is 0.308 e. The Labute approximate surface area is 118 Å². The smallest absolute Gasteiger partial charge is 0.308 e. The molecule has 2 rings (SSSR count). The van der Waals surface area contributed by atoms with Crippen LogP contribution in [-0.2, 0) is 9.53 Å². The molecule has 6 nitrogen and oxygen atoms in total.